The van der Waals surface area contributed by atoms with Crippen LogP contribution < -0.4 is 4.74 Å². The third kappa shape index (κ3) is 7.03. The van der Waals surface area contributed by atoms with Gasteiger partial charge >= 0.3 is 11.9 Å². The van der Waals surface area contributed by atoms with Crippen molar-refractivity contribution in [2.45, 2.75) is 20.3 Å². The van der Waals surface area contributed by atoms with Crippen LogP contribution in [0.5, 0.6) is 17.2 Å². The molecule has 0 saturated carbocycles. The predicted octanol–water partition coefficient (Wildman–Crippen LogP) is 4.32. The van der Waals surface area contributed by atoms with Crippen molar-refractivity contribution in [3.8, 4) is 17.2 Å². The lowest BCUT2D eigenvalue weighted by Crippen LogP contribution is -2.06. The SMILES string of the molecule is CC(C)=CCc1cc(/C=C/C(=O)O)ccc1OC(=O)/C=C/c1ccc(O)c(O)c1. The highest BCUT2D eigenvalue weighted by Gasteiger charge is 2.08. The summed E-state index contributed by atoms with van der Waals surface area (Å²) in [7, 11) is 0. The number of hydrogen-bond donors (Lipinski definition) is 3. The van der Waals surface area contributed by atoms with Gasteiger partial charge in [-0.3, -0.25) is 0 Å². The number of phenolic OH excluding ortho intramolecular Hbond substituents is 2. The molecule has 0 aliphatic heterocycles. The maximum absolute atomic E-state index is 12.2. The van der Waals surface area contributed by atoms with E-state index >= 15 is 0 Å². The molecule has 0 unspecified atom stereocenters. The van der Waals surface area contributed by atoms with Crippen molar-refractivity contribution in [3.05, 3.63) is 76.9 Å². The number of ether oxygens (including phenoxy) is 1. The molecule has 6 nitrogen and oxygen atoms in total. The minimum Gasteiger partial charge on any atom is -0.504 e. The van der Waals surface area contributed by atoms with Crippen LogP contribution in [0.3, 0.4) is 0 Å². The van der Waals surface area contributed by atoms with Gasteiger partial charge in [-0.05, 0) is 73.4 Å². The van der Waals surface area contributed by atoms with Crippen LogP contribution >= 0.6 is 0 Å². The number of esters is 1. The molecule has 0 heterocycles. The Morgan fingerprint density at radius 2 is 1.59 bits per heavy atom. The van der Waals surface area contributed by atoms with Crippen LogP contribution in [0.1, 0.15) is 30.5 Å². The Labute approximate surface area is 168 Å². The van der Waals surface area contributed by atoms with Crippen LogP contribution in [0.15, 0.2) is 60.2 Å². The summed E-state index contributed by atoms with van der Waals surface area (Å²) in [5, 5.41) is 27.6. The van der Waals surface area contributed by atoms with Crippen LogP contribution in [0.4, 0.5) is 0 Å². The number of benzene rings is 2. The molecule has 0 saturated heterocycles. The molecule has 6 heteroatoms. The van der Waals surface area contributed by atoms with E-state index < -0.39 is 11.9 Å². The minimum absolute atomic E-state index is 0.245. The van der Waals surface area contributed by atoms with Gasteiger partial charge in [0.2, 0.25) is 0 Å². The fourth-order valence-corrected chi connectivity index (χ4v) is 2.39. The second kappa shape index (κ2) is 9.94. The number of aromatic hydroxyl groups is 2. The van der Waals surface area contributed by atoms with E-state index in [1.165, 1.54) is 30.4 Å². The second-order valence-corrected chi connectivity index (χ2v) is 6.53. The van der Waals surface area contributed by atoms with Gasteiger partial charge in [0, 0.05) is 12.2 Å². The molecule has 0 bridgehead atoms. The molecule has 150 valence electrons. The summed E-state index contributed by atoms with van der Waals surface area (Å²) in [6, 6.07) is 9.24. The summed E-state index contributed by atoms with van der Waals surface area (Å²) in [5.41, 5.74) is 3.04. The molecule has 2 rings (SSSR count). The fraction of sp³-hybridized carbons (Fsp3) is 0.130. The molecule has 29 heavy (non-hydrogen) atoms. The summed E-state index contributed by atoms with van der Waals surface area (Å²) in [6.45, 7) is 3.91. The smallest absolute Gasteiger partial charge is 0.336 e. The van der Waals surface area contributed by atoms with Crippen LogP contribution in [0, 0.1) is 0 Å². The number of hydrogen-bond acceptors (Lipinski definition) is 5. The Morgan fingerprint density at radius 3 is 2.24 bits per heavy atom. The monoisotopic (exact) mass is 394 g/mol. The molecule has 2 aromatic carbocycles. The van der Waals surface area contributed by atoms with Crippen LogP contribution in [-0.2, 0) is 16.0 Å². The van der Waals surface area contributed by atoms with Crippen LogP contribution in [0.25, 0.3) is 12.2 Å². The zero-order valence-electron chi connectivity index (χ0n) is 16.1. The molecule has 0 aliphatic rings. The number of aliphatic carboxylic acids is 1. The normalized spacial score (nSPS) is 11.0. The maximum atomic E-state index is 12.2. The molecule has 0 aliphatic carbocycles. The molecule has 3 N–H and O–H groups in total. The number of carboxylic acid groups (broad SMARTS) is 1. The van der Waals surface area contributed by atoms with Crippen LogP contribution in [-0.4, -0.2) is 27.3 Å². The molecule has 2 aromatic rings. The topological polar surface area (TPSA) is 104 Å². The Balaban J connectivity index is 2.21. The number of carboxylic acids is 1. The van der Waals surface area contributed by atoms with Gasteiger partial charge in [-0.2, -0.15) is 0 Å². The number of rotatable bonds is 7. The Hall–Kier alpha value is -3.80. The second-order valence-electron chi connectivity index (χ2n) is 6.53. The highest BCUT2D eigenvalue weighted by Crippen LogP contribution is 2.26. The van der Waals surface area contributed by atoms with Crippen molar-refractivity contribution >= 4 is 24.1 Å². The highest BCUT2D eigenvalue weighted by atomic mass is 16.5. The Bertz CT molecular complexity index is 994. The Morgan fingerprint density at radius 1 is 0.931 bits per heavy atom. The molecule has 0 radical (unpaired) electrons. The number of carbonyl (C=O) groups excluding carboxylic acids is 1. The van der Waals surface area contributed by atoms with Gasteiger partial charge in [-0.15, -0.1) is 0 Å². The maximum Gasteiger partial charge on any atom is 0.336 e. The first-order valence-corrected chi connectivity index (χ1v) is 8.84. The van der Waals surface area contributed by atoms with Crippen molar-refractivity contribution in [2.24, 2.45) is 0 Å². The van der Waals surface area contributed by atoms with Crippen molar-refractivity contribution in [2.75, 3.05) is 0 Å². The van der Waals surface area contributed by atoms with Crippen molar-refractivity contribution in [1.82, 2.24) is 0 Å². The van der Waals surface area contributed by atoms with Gasteiger partial charge in [0.25, 0.3) is 0 Å². The van der Waals surface area contributed by atoms with E-state index in [9.17, 15) is 19.8 Å². The van der Waals surface area contributed by atoms with Gasteiger partial charge < -0.3 is 20.1 Å². The lowest BCUT2D eigenvalue weighted by molar-refractivity contribution is -0.131. The van der Waals surface area contributed by atoms with E-state index in [4.69, 9.17) is 9.84 Å². The van der Waals surface area contributed by atoms with E-state index in [1.807, 2.05) is 19.9 Å². The van der Waals surface area contributed by atoms with Crippen LogP contribution in [0.2, 0.25) is 0 Å². The first-order chi connectivity index (χ1) is 13.7. The average molecular weight is 394 g/mol. The summed E-state index contributed by atoms with van der Waals surface area (Å²) in [5.74, 6) is -1.81. The average Bonchev–Trinajstić information content (AvgIpc) is 2.66. The third-order valence-electron chi connectivity index (χ3n) is 3.86. The van der Waals surface area contributed by atoms with Crippen molar-refractivity contribution in [3.63, 3.8) is 0 Å². The predicted molar refractivity (Wildman–Crippen MR) is 111 cm³/mol. The quantitative estimate of drug-likeness (QED) is 0.212. The molecule has 0 atom stereocenters. The van der Waals surface area contributed by atoms with Gasteiger partial charge in [0.1, 0.15) is 5.75 Å². The summed E-state index contributed by atoms with van der Waals surface area (Å²) in [4.78, 5) is 22.9. The summed E-state index contributed by atoms with van der Waals surface area (Å²) < 4.78 is 5.43. The Kier molecular flexibility index (Phi) is 7.37. The standard InChI is InChI=1S/C23H22O6/c1-15(2)3-8-18-13-16(6-11-22(26)27)5-10-21(18)29-23(28)12-7-17-4-9-19(24)20(25)14-17/h3-7,9-14,24-25H,8H2,1-2H3,(H,26,27)/b11-6+,12-7+. The number of phenols is 2. The number of allylic oxidation sites excluding steroid dienone is 2. The summed E-state index contributed by atoms with van der Waals surface area (Å²) >= 11 is 0. The molecule has 0 aromatic heterocycles. The molecule has 0 spiro atoms. The third-order valence-corrected chi connectivity index (χ3v) is 3.86. The van der Waals surface area contributed by atoms with E-state index in [0.717, 1.165) is 17.2 Å². The van der Waals surface area contributed by atoms with Gasteiger partial charge in [0.15, 0.2) is 11.5 Å². The lowest BCUT2D eigenvalue weighted by atomic mass is 10.0. The van der Waals surface area contributed by atoms with E-state index in [0.29, 0.717) is 23.3 Å². The van der Waals surface area contributed by atoms with Gasteiger partial charge in [0.05, 0.1) is 0 Å². The van der Waals surface area contributed by atoms with E-state index in [-0.39, 0.29) is 11.5 Å². The van der Waals surface area contributed by atoms with Crippen molar-refractivity contribution < 1.29 is 29.6 Å². The van der Waals surface area contributed by atoms with Gasteiger partial charge in [-0.25, -0.2) is 9.59 Å². The lowest BCUT2D eigenvalue weighted by Gasteiger charge is -2.09. The summed E-state index contributed by atoms with van der Waals surface area (Å²) in [6.07, 6.45) is 7.69. The highest BCUT2D eigenvalue weighted by molar-refractivity contribution is 5.89. The van der Waals surface area contributed by atoms with E-state index in [2.05, 4.69) is 0 Å². The zero-order valence-corrected chi connectivity index (χ0v) is 16.1. The first kappa shape index (κ1) is 21.5. The fourth-order valence-electron chi connectivity index (χ4n) is 2.39. The minimum atomic E-state index is -1.04. The number of carbonyl (C=O) groups is 2. The first-order valence-electron chi connectivity index (χ1n) is 8.84. The molecule has 0 fully saturated rings. The molecular formula is C23H22O6. The van der Waals surface area contributed by atoms with Gasteiger partial charge in [-0.1, -0.05) is 23.8 Å². The van der Waals surface area contributed by atoms with E-state index in [1.54, 1.807) is 24.3 Å². The molecular weight excluding hydrogens is 372 g/mol. The zero-order chi connectivity index (χ0) is 21.4. The largest absolute Gasteiger partial charge is 0.504 e. The molecule has 0 amide bonds. The van der Waals surface area contributed by atoms with Crippen molar-refractivity contribution in [1.29, 1.82) is 0 Å².